The number of nitrogens with two attached hydrogens (primary N) is 1. The number of aromatic hydroxyl groups is 2. The predicted molar refractivity (Wildman–Crippen MR) is 57.4 cm³/mol. The highest BCUT2D eigenvalue weighted by atomic mass is 79.9. The Labute approximate surface area is 94.8 Å². The third-order valence-corrected chi connectivity index (χ3v) is 3.72. The summed E-state index contributed by atoms with van der Waals surface area (Å²) in [6, 6.07) is 0.884. The van der Waals surface area contributed by atoms with Crippen LogP contribution in [0.25, 0.3) is 0 Å². The van der Waals surface area contributed by atoms with Crippen LogP contribution >= 0.6 is 15.9 Å². The number of hydrogen-bond acceptors (Lipinski definition) is 3. The molecule has 0 aromatic heterocycles. The van der Waals surface area contributed by atoms with E-state index in [1.807, 2.05) is 0 Å². The van der Waals surface area contributed by atoms with Crippen molar-refractivity contribution in [2.45, 2.75) is 18.3 Å². The number of benzene rings is 1. The molecule has 0 atom stereocenters. The molecule has 1 saturated carbocycles. The molecule has 5 heteroatoms. The van der Waals surface area contributed by atoms with Crippen molar-refractivity contribution in [3.63, 3.8) is 0 Å². The third-order valence-electron chi connectivity index (χ3n) is 2.95. The molecule has 1 aliphatic carbocycles. The zero-order valence-electron chi connectivity index (χ0n) is 7.93. The van der Waals surface area contributed by atoms with Gasteiger partial charge in [0, 0.05) is 23.6 Å². The maximum absolute atomic E-state index is 13.4. The van der Waals surface area contributed by atoms with Crippen LogP contribution in [0.1, 0.15) is 18.4 Å². The number of halogens is 2. The molecule has 1 fully saturated rings. The van der Waals surface area contributed by atoms with Crippen molar-refractivity contribution in [3.8, 4) is 11.5 Å². The molecule has 1 aromatic rings. The van der Waals surface area contributed by atoms with Crippen molar-refractivity contribution in [2.75, 3.05) is 6.54 Å². The summed E-state index contributed by atoms with van der Waals surface area (Å²) in [7, 11) is 0. The lowest BCUT2D eigenvalue weighted by Crippen LogP contribution is -2.20. The fourth-order valence-corrected chi connectivity index (χ4v) is 2.52. The zero-order valence-corrected chi connectivity index (χ0v) is 9.51. The quantitative estimate of drug-likeness (QED) is 0.724. The van der Waals surface area contributed by atoms with E-state index in [0.717, 1.165) is 18.9 Å². The molecule has 2 rings (SSSR count). The highest BCUT2D eigenvalue weighted by Crippen LogP contribution is 2.55. The van der Waals surface area contributed by atoms with Gasteiger partial charge in [-0.05, 0) is 28.8 Å². The van der Waals surface area contributed by atoms with Crippen LogP contribution in [0.5, 0.6) is 11.5 Å². The molecule has 0 bridgehead atoms. The highest BCUT2D eigenvalue weighted by Gasteiger charge is 2.47. The van der Waals surface area contributed by atoms with Crippen LogP contribution in [-0.2, 0) is 5.41 Å². The summed E-state index contributed by atoms with van der Waals surface area (Å²) in [6.07, 6.45) is 1.61. The van der Waals surface area contributed by atoms with Gasteiger partial charge in [-0.2, -0.15) is 0 Å². The Balaban J connectivity index is 2.64. The Kier molecular flexibility index (Phi) is 2.39. The van der Waals surface area contributed by atoms with Gasteiger partial charge in [0.05, 0.1) is 4.47 Å². The highest BCUT2D eigenvalue weighted by molar-refractivity contribution is 9.10. The topological polar surface area (TPSA) is 66.5 Å². The molecule has 4 N–H and O–H groups in total. The van der Waals surface area contributed by atoms with E-state index in [2.05, 4.69) is 15.9 Å². The largest absolute Gasteiger partial charge is 0.504 e. The van der Waals surface area contributed by atoms with Gasteiger partial charge in [-0.25, -0.2) is 4.39 Å². The first kappa shape index (κ1) is 10.7. The van der Waals surface area contributed by atoms with E-state index in [0.29, 0.717) is 12.1 Å². The average Bonchev–Trinajstić information content (AvgIpc) is 2.96. The van der Waals surface area contributed by atoms with E-state index in [4.69, 9.17) is 5.73 Å². The summed E-state index contributed by atoms with van der Waals surface area (Å²) in [5.74, 6) is -1.29. The van der Waals surface area contributed by atoms with Gasteiger partial charge in [0.1, 0.15) is 5.82 Å². The Hall–Kier alpha value is -0.810. The van der Waals surface area contributed by atoms with Gasteiger partial charge >= 0.3 is 0 Å². The maximum Gasteiger partial charge on any atom is 0.162 e. The Morgan fingerprint density at radius 3 is 2.53 bits per heavy atom. The van der Waals surface area contributed by atoms with Gasteiger partial charge < -0.3 is 15.9 Å². The Morgan fingerprint density at radius 2 is 2.07 bits per heavy atom. The van der Waals surface area contributed by atoms with Gasteiger partial charge in [0.25, 0.3) is 0 Å². The molecule has 0 saturated heterocycles. The fraction of sp³-hybridized carbons (Fsp3) is 0.400. The molecule has 0 radical (unpaired) electrons. The smallest absolute Gasteiger partial charge is 0.162 e. The number of rotatable bonds is 2. The van der Waals surface area contributed by atoms with E-state index >= 15 is 0 Å². The SMILES string of the molecule is NCC1(c2c(O)c(O)cc(F)c2Br)CC1. The summed E-state index contributed by atoms with van der Waals surface area (Å²) in [5.41, 5.74) is 5.62. The Bertz CT molecular complexity index is 392. The molecule has 0 amide bonds. The summed E-state index contributed by atoms with van der Waals surface area (Å²) in [6.45, 7) is 0.335. The lowest BCUT2D eigenvalue weighted by molar-refractivity contribution is 0.389. The second-order valence-electron chi connectivity index (χ2n) is 3.90. The summed E-state index contributed by atoms with van der Waals surface area (Å²) in [4.78, 5) is 0. The van der Waals surface area contributed by atoms with Gasteiger partial charge in [-0.1, -0.05) is 0 Å². The van der Waals surface area contributed by atoms with Gasteiger partial charge in [-0.3, -0.25) is 0 Å². The lowest BCUT2D eigenvalue weighted by Gasteiger charge is -2.17. The van der Waals surface area contributed by atoms with E-state index in [1.165, 1.54) is 0 Å². The van der Waals surface area contributed by atoms with Gasteiger partial charge in [0.15, 0.2) is 11.5 Å². The molecule has 0 heterocycles. The van der Waals surface area contributed by atoms with Crippen LogP contribution in [0.4, 0.5) is 4.39 Å². The van der Waals surface area contributed by atoms with Crippen molar-refractivity contribution in [2.24, 2.45) is 5.73 Å². The summed E-state index contributed by atoms with van der Waals surface area (Å²) < 4.78 is 13.6. The minimum atomic E-state index is -0.583. The van der Waals surface area contributed by atoms with E-state index < -0.39 is 11.6 Å². The first-order valence-corrected chi connectivity index (χ1v) is 5.41. The first-order chi connectivity index (χ1) is 7.02. The number of hydrogen-bond donors (Lipinski definition) is 3. The monoisotopic (exact) mass is 275 g/mol. The molecule has 82 valence electrons. The molecule has 15 heavy (non-hydrogen) atoms. The molecular formula is C10H11BrFNO2. The van der Waals surface area contributed by atoms with Crippen molar-refractivity contribution in [1.82, 2.24) is 0 Å². The maximum atomic E-state index is 13.4. The number of phenolic OH excluding ortho intramolecular Hbond substituents is 2. The molecule has 3 nitrogen and oxygen atoms in total. The first-order valence-electron chi connectivity index (χ1n) is 4.62. The van der Waals surface area contributed by atoms with Crippen molar-refractivity contribution < 1.29 is 14.6 Å². The second-order valence-corrected chi connectivity index (χ2v) is 4.69. The average molecular weight is 276 g/mol. The predicted octanol–water partition coefficient (Wildman–Crippen LogP) is 1.99. The van der Waals surface area contributed by atoms with Crippen LogP contribution in [0.15, 0.2) is 10.5 Å². The van der Waals surface area contributed by atoms with Gasteiger partial charge in [0.2, 0.25) is 0 Å². The van der Waals surface area contributed by atoms with Crippen molar-refractivity contribution >= 4 is 15.9 Å². The van der Waals surface area contributed by atoms with Crippen LogP contribution in [0.2, 0.25) is 0 Å². The molecule has 1 aliphatic rings. The molecular weight excluding hydrogens is 265 g/mol. The second kappa shape index (κ2) is 3.35. The summed E-state index contributed by atoms with van der Waals surface area (Å²) in [5, 5.41) is 19.0. The van der Waals surface area contributed by atoms with Gasteiger partial charge in [-0.15, -0.1) is 0 Å². The van der Waals surface area contributed by atoms with Crippen LogP contribution < -0.4 is 5.73 Å². The minimum Gasteiger partial charge on any atom is -0.504 e. The fourth-order valence-electron chi connectivity index (χ4n) is 1.79. The van der Waals surface area contributed by atoms with E-state index in [-0.39, 0.29) is 15.6 Å². The van der Waals surface area contributed by atoms with Crippen molar-refractivity contribution in [1.29, 1.82) is 0 Å². The Morgan fingerprint density at radius 1 is 1.47 bits per heavy atom. The minimum absolute atomic E-state index is 0.195. The number of phenols is 2. The lowest BCUT2D eigenvalue weighted by atomic mass is 9.94. The van der Waals surface area contributed by atoms with Crippen molar-refractivity contribution in [3.05, 3.63) is 21.9 Å². The van der Waals surface area contributed by atoms with Crippen LogP contribution in [0.3, 0.4) is 0 Å². The third kappa shape index (κ3) is 1.50. The molecule has 0 spiro atoms. The van der Waals surface area contributed by atoms with Crippen LogP contribution in [0, 0.1) is 5.82 Å². The molecule has 0 aliphatic heterocycles. The molecule has 1 aromatic carbocycles. The van der Waals surface area contributed by atoms with E-state index in [1.54, 1.807) is 0 Å². The normalized spacial score (nSPS) is 17.8. The zero-order chi connectivity index (χ0) is 11.2. The summed E-state index contributed by atoms with van der Waals surface area (Å²) >= 11 is 3.08. The molecule has 0 unspecified atom stereocenters. The standard InChI is InChI=1S/C10H11BrFNO2/c11-8-5(12)3-6(14)9(15)7(8)10(4-13)1-2-10/h3,14-15H,1-2,4,13H2. The van der Waals surface area contributed by atoms with E-state index in [9.17, 15) is 14.6 Å². The van der Waals surface area contributed by atoms with Crippen LogP contribution in [-0.4, -0.2) is 16.8 Å².